The lowest BCUT2D eigenvalue weighted by Crippen LogP contribution is -2.41. The van der Waals surface area contributed by atoms with Crippen LogP contribution in [0.4, 0.5) is 0 Å². The summed E-state index contributed by atoms with van der Waals surface area (Å²) in [5.41, 5.74) is 4.92. The minimum absolute atomic E-state index is 0.208. The first-order valence-corrected chi connectivity index (χ1v) is 7.64. The van der Waals surface area contributed by atoms with Crippen LogP contribution in [0.3, 0.4) is 0 Å². The van der Waals surface area contributed by atoms with Gasteiger partial charge in [-0.05, 0) is 53.5 Å². The van der Waals surface area contributed by atoms with Crippen molar-refractivity contribution in [1.29, 1.82) is 0 Å². The maximum atomic E-state index is 12.4. The summed E-state index contributed by atoms with van der Waals surface area (Å²) >= 11 is 0. The summed E-state index contributed by atoms with van der Waals surface area (Å²) in [6.07, 6.45) is 0.251. The van der Waals surface area contributed by atoms with Crippen LogP contribution in [0.1, 0.15) is 41.0 Å². The van der Waals surface area contributed by atoms with Gasteiger partial charge < -0.3 is 10.5 Å². The Hall–Kier alpha value is -0.620. The van der Waals surface area contributed by atoms with E-state index in [4.69, 9.17) is 10.5 Å². The summed E-state index contributed by atoms with van der Waals surface area (Å²) < 4.78 is 28.9. The topological polar surface area (TPSA) is 86.5 Å². The number of hydrogen-bond donors (Lipinski definition) is 1. The first-order valence-electron chi connectivity index (χ1n) is 6.10. The maximum absolute atomic E-state index is 12.4. The zero-order chi connectivity index (χ0) is 14.4. The highest BCUT2D eigenvalue weighted by Gasteiger charge is 2.56. The third-order valence-electron chi connectivity index (χ3n) is 3.54. The molecular formula is C12H23NO4S. The van der Waals surface area contributed by atoms with Crippen molar-refractivity contribution in [3.8, 4) is 0 Å². The molecule has 0 amide bonds. The van der Waals surface area contributed by atoms with Gasteiger partial charge in [-0.2, -0.15) is 0 Å². The lowest BCUT2D eigenvalue weighted by molar-refractivity contribution is -0.154. The van der Waals surface area contributed by atoms with Gasteiger partial charge in [0.15, 0.2) is 15.1 Å². The fraction of sp³-hybridized carbons (Fsp3) is 0.917. The standard InChI is InChI=1S/C12H23NO4S/c1-11(2,3)17-10(14)9-6-8(7-13)12(4,5)18(9,15)16/h8-9H,6-7,13H2,1-5H3. The zero-order valence-corrected chi connectivity index (χ0v) is 12.5. The number of sulfone groups is 1. The van der Waals surface area contributed by atoms with Gasteiger partial charge in [0, 0.05) is 0 Å². The van der Waals surface area contributed by atoms with Gasteiger partial charge in [0.25, 0.3) is 0 Å². The van der Waals surface area contributed by atoms with Crippen molar-refractivity contribution < 1.29 is 17.9 Å². The van der Waals surface area contributed by atoms with Gasteiger partial charge in [-0.3, -0.25) is 4.79 Å². The number of ether oxygens (including phenoxy) is 1. The van der Waals surface area contributed by atoms with Gasteiger partial charge in [0.05, 0.1) is 4.75 Å². The summed E-state index contributed by atoms with van der Waals surface area (Å²) in [7, 11) is -3.55. The monoisotopic (exact) mass is 277 g/mol. The molecule has 0 spiro atoms. The molecule has 2 atom stereocenters. The summed E-state index contributed by atoms with van der Waals surface area (Å²) in [5, 5.41) is -1.08. The summed E-state index contributed by atoms with van der Waals surface area (Å²) in [4.78, 5) is 12.0. The third-order valence-corrected chi connectivity index (χ3v) is 6.48. The molecule has 0 aromatic rings. The van der Waals surface area contributed by atoms with Gasteiger partial charge in [-0.1, -0.05) is 0 Å². The van der Waals surface area contributed by atoms with Crippen LogP contribution in [0.15, 0.2) is 0 Å². The smallest absolute Gasteiger partial charge is 0.324 e. The molecule has 1 saturated heterocycles. The van der Waals surface area contributed by atoms with E-state index in [1.54, 1.807) is 34.6 Å². The van der Waals surface area contributed by atoms with Gasteiger partial charge in [0.2, 0.25) is 0 Å². The number of nitrogens with two attached hydrogens (primary N) is 1. The predicted molar refractivity (Wildman–Crippen MR) is 69.8 cm³/mol. The Bertz CT molecular complexity index is 433. The van der Waals surface area contributed by atoms with Crippen LogP contribution < -0.4 is 5.73 Å². The molecule has 2 N–H and O–H groups in total. The second-order valence-electron chi connectivity index (χ2n) is 6.34. The lowest BCUT2D eigenvalue weighted by Gasteiger charge is -2.25. The highest BCUT2D eigenvalue weighted by Crippen LogP contribution is 2.42. The lowest BCUT2D eigenvalue weighted by atomic mass is 9.91. The van der Waals surface area contributed by atoms with Crippen molar-refractivity contribution in [2.45, 2.75) is 56.6 Å². The van der Waals surface area contributed by atoms with Crippen LogP contribution in [-0.2, 0) is 19.4 Å². The van der Waals surface area contributed by atoms with Gasteiger partial charge in [-0.15, -0.1) is 0 Å². The first-order chi connectivity index (χ1) is 7.93. The second kappa shape index (κ2) is 4.49. The molecule has 6 heteroatoms. The van der Waals surface area contributed by atoms with E-state index in [1.165, 1.54) is 0 Å². The van der Waals surface area contributed by atoms with Crippen molar-refractivity contribution in [3.63, 3.8) is 0 Å². The van der Waals surface area contributed by atoms with E-state index in [1.807, 2.05) is 0 Å². The largest absolute Gasteiger partial charge is 0.459 e. The molecule has 1 heterocycles. The molecule has 0 aromatic heterocycles. The summed E-state index contributed by atoms with van der Waals surface area (Å²) in [6.45, 7) is 8.67. The van der Waals surface area contributed by atoms with Crippen molar-refractivity contribution in [1.82, 2.24) is 0 Å². The molecule has 1 aliphatic rings. The third kappa shape index (κ3) is 2.54. The number of carbonyl (C=O) groups excluding carboxylic acids is 1. The van der Waals surface area contributed by atoms with Crippen LogP contribution >= 0.6 is 0 Å². The number of esters is 1. The van der Waals surface area contributed by atoms with E-state index >= 15 is 0 Å². The van der Waals surface area contributed by atoms with Gasteiger partial charge >= 0.3 is 5.97 Å². The Morgan fingerprint density at radius 2 is 1.89 bits per heavy atom. The first kappa shape index (κ1) is 15.4. The Morgan fingerprint density at radius 1 is 1.39 bits per heavy atom. The van der Waals surface area contributed by atoms with Gasteiger partial charge in [0.1, 0.15) is 5.60 Å². The molecule has 1 fully saturated rings. The van der Waals surface area contributed by atoms with E-state index in [0.717, 1.165) is 0 Å². The molecule has 1 rings (SSSR count). The minimum atomic E-state index is -3.55. The van der Waals surface area contributed by atoms with Crippen LogP contribution in [0, 0.1) is 5.92 Å². The SMILES string of the molecule is CC(C)(C)OC(=O)C1CC(CN)C(C)(C)S1(=O)=O. The van der Waals surface area contributed by atoms with Crippen molar-refractivity contribution in [2.75, 3.05) is 6.54 Å². The van der Waals surface area contributed by atoms with E-state index in [-0.39, 0.29) is 18.9 Å². The van der Waals surface area contributed by atoms with Crippen molar-refractivity contribution in [3.05, 3.63) is 0 Å². The quantitative estimate of drug-likeness (QED) is 0.757. The fourth-order valence-electron chi connectivity index (χ4n) is 2.24. The predicted octanol–water partition coefficient (Wildman–Crippen LogP) is 0.869. The molecule has 18 heavy (non-hydrogen) atoms. The highest BCUT2D eigenvalue weighted by atomic mass is 32.2. The highest BCUT2D eigenvalue weighted by molar-refractivity contribution is 7.94. The maximum Gasteiger partial charge on any atom is 0.324 e. The average molecular weight is 277 g/mol. The molecule has 1 aliphatic heterocycles. The minimum Gasteiger partial charge on any atom is -0.459 e. The average Bonchev–Trinajstić information content (AvgIpc) is 2.31. The van der Waals surface area contributed by atoms with Crippen LogP contribution in [-0.4, -0.2) is 36.5 Å². The molecule has 106 valence electrons. The van der Waals surface area contributed by atoms with Gasteiger partial charge in [-0.25, -0.2) is 8.42 Å². The fourth-order valence-corrected chi connectivity index (χ4v) is 4.42. The van der Waals surface area contributed by atoms with E-state index in [2.05, 4.69) is 0 Å². The molecule has 0 saturated carbocycles. The Morgan fingerprint density at radius 3 is 2.22 bits per heavy atom. The molecule has 0 aliphatic carbocycles. The Labute approximate surface area is 109 Å². The molecular weight excluding hydrogens is 254 g/mol. The number of carbonyl (C=O) groups is 1. The molecule has 2 unspecified atom stereocenters. The number of hydrogen-bond acceptors (Lipinski definition) is 5. The Balaban J connectivity index is 3.03. The van der Waals surface area contributed by atoms with Crippen LogP contribution in [0.5, 0.6) is 0 Å². The molecule has 5 nitrogen and oxygen atoms in total. The van der Waals surface area contributed by atoms with E-state index in [0.29, 0.717) is 0 Å². The van der Waals surface area contributed by atoms with Crippen LogP contribution in [0.25, 0.3) is 0 Å². The summed E-state index contributed by atoms with van der Waals surface area (Å²) in [6, 6.07) is 0. The van der Waals surface area contributed by atoms with Crippen molar-refractivity contribution in [2.24, 2.45) is 11.7 Å². The second-order valence-corrected chi connectivity index (χ2v) is 9.05. The molecule has 0 bridgehead atoms. The normalized spacial score (nSPS) is 30.1. The van der Waals surface area contributed by atoms with Crippen molar-refractivity contribution >= 4 is 15.8 Å². The Kier molecular flexibility index (Phi) is 3.85. The van der Waals surface area contributed by atoms with Crippen LogP contribution in [0.2, 0.25) is 0 Å². The number of rotatable bonds is 2. The van der Waals surface area contributed by atoms with E-state index in [9.17, 15) is 13.2 Å². The molecule has 0 aromatic carbocycles. The molecule has 0 radical (unpaired) electrons. The summed E-state index contributed by atoms with van der Waals surface area (Å²) in [5.74, 6) is -0.869. The van der Waals surface area contributed by atoms with E-state index < -0.39 is 31.4 Å². The zero-order valence-electron chi connectivity index (χ0n) is 11.7.